The van der Waals surface area contributed by atoms with Crippen LogP contribution in [-0.2, 0) is 21.0 Å². The lowest BCUT2D eigenvalue weighted by Crippen LogP contribution is -2.38. The average Bonchev–Trinajstić information content (AvgIpc) is 2.55. The normalized spacial score (nSPS) is 12.0. The molecule has 0 heterocycles. The number of sulfonamides is 1. The number of rotatable bonds is 5. The van der Waals surface area contributed by atoms with Crippen LogP contribution < -0.4 is 9.62 Å². The Morgan fingerprint density at radius 2 is 1.82 bits per heavy atom. The summed E-state index contributed by atoms with van der Waals surface area (Å²) < 4.78 is 64.8. The number of carbonyl (C=O) groups excluding carboxylic acids is 1. The maximum Gasteiger partial charge on any atom is 0.418 e. The van der Waals surface area contributed by atoms with Crippen molar-refractivity contribution in [2.75, 3.05) is 22.4 Å². The number of halogens is 4. The van der Waals surface area contributed by atoms with E-state index in [0.29, 0.717) is 11.6 Å². The highest BCUT2D eigenvalue weighted by molar-refractivity contribution is 7.92. The number of hydrogen-bond acceptors (Lipinski definition) is 3. The number of anilines is 2. The van der Waals surface area contributed by atoms with E-state index in [9.17, 15) is 26.4 Å². The minimum absolute atomic E-state index is 0.140. The fraction of sp³-hybridized carbons (Fsp3) is 0.278. The molecule has 0 spiro atoms. The zero-order valence-corrected chi connectivity index (χ0v) is 16.8. The first-order chi connectivity index (χ1) is 12.8. The molecule has 1 N–H and O–H groups in total. The topological polar surface area (TPSA) is 66.5 Å². The van der Waals surface area contributed by atoms with E-state index >= 15 is 0 Å². The summed E-state index contributed by atoms with van der Waals surface area (Å²) in [6.07, 6.45) is -3.82. The Kier molecular flexibility index (Phi) is 6.30. The molecule has 0 atom stereocenters. The van der Waals surface area contributed by atoms with E-state index in [1.54, 1.807) is 26.0 Å². The van der Waals surface area contributed by atoms with Crippen molar-refractivity contribution < 1.29 is 26.4 Å². The van der Waals surface area contributed by atoms with Crippen LogP contribution in [0.4, 0.5) is 24.5 Å². The Morgan fingerprint density at radius 3 is 2.39 bits per heavy atom. The second kappa shape index (κ2) is 8.00. The van der Waals surface area contributed by atoms with Gasteiger partial charge in [-0.25, -0.2) is 8.42 Å². The summed E-state index contributed by atoms with van der Waals surface area (Å²) in [6, 6.07) is 7.85. The summed E-state index contributed by atoms with van der Waals surface area (Å²) in [5.74, 6) is -0.917. The van der Waals surface area contributed by atoms with Crippen LogP contribution in [0.15, 0.2) is 36.4 Å². The highest BCUT2D eigenvalue weighted by Crippen LogP contribution is 2.36. The molecule has 0 aliphatic heterocycles. The minimum atomic E-state index is -4.74. The standard InChI is InChI=1S/C18H18ClF3N2O3S/c1-11-5-4-6-16(12(11)2)24(28(3,26)27)10-17(25)23-15-8-7-13(19)9-14(15)18(20,21)22/h4-9H,10H2,1-3H3,(H,23,25). The van der Waals surface area contributed by atoms with Crippen molar-refractivity contribution in [2.45, 2.75) is 20.0 Å². The van der Waals surface area contributed by atoms with Gasteiger partial charge in [-0.15, -0.1) is 0 Å². The Hall–Kier alpha value is -2.26. The second-order valence-electron chi connectivity index (χ2n) is 6.22. The van der Waals surface area contributed by atoms with E-state index in [4.69, 9.17) is 11.6 Å². The van der Waals surface area contributed by atoms with Gasteiger partial charge in [0.25, 0.3) is 0 Å². The van der Waals surface area contributed by atoms with Crippen molar-refractivity contribution in [1.29, 1.82) is 0 Å². The third-order valence-corrected chi connectivity index (χ3v) is 5.45. The zero-order chi connectivity index (χ0) is 21.3. The lowest BCUT2D eigenvalue weighted by molar-refractivity contribution is -0.137. The van der Waals surface area contributed by atoms with Gasteiger partial charge in [-0.05, 0) is 49.2 Å². The number of amides is 1. The lowest BCUT2D eigenvalue weighted by Gasteiger charge is -2.24. The van der Waals surface area contributed by atoms with Crippen molar-refractivity contribution in [1.82, 2.24) is 0 Å². The third-order valence-electron chi connectivity index (χ3n) is 4.09. The Morgan fingerprint density at radius 1 is 1.18 bits per heavy atom. The molecule has 2 aromatic carbocycles. The zero-order valence-electron chi connectivity index (χ0n) is 15.3. The summed E-state index contributed by atoms with van der Waals surface area (Å²) in [4.78, 5) is 12.4. The molecule has 0 aromatic heterocycles. The predicted octanol–water partition coefficient (Wildman–Crippen LogP) is 4.38. The van der Waals surface area contributed by atoms with Crippen LogP contribution in [0.1, 0.15) is 16.7 Å². The van der Waals surface area contributed by atoms with Gasteiger partial charge in [0.1, 0.15) is 6.54 Å². The van der Waals surface area contributed by atoms with E-state index in [-0.39, 0.29) is 10.7 Å². The minimum Gasteiger partial charge on any atom is -0.324 e. The fourth-order valence-electron chi connectivity index (χ4n) is 2.57. The van der Waals surface area contributed by atoms with Crippen molar-refractivity contribution >= 4 is 38.9 Å². The van der Waals surface area contributed by atoms with Crippen LogP contribution in [0.3, 0.4) is 0 Å². The first-order valence-electron chi connectivity index (χ1n) is 8.01. The number of benzene rings is 2. The Bertz CT molecular complexity index is 1010. The molecule has 1 amide bonds. The molecule has 5 nitrogen and oxygen atoms in total. The first-order valence-corrected chi connectivity index (χ1v) is 10.2. The van der Waals surface area contributed by atoms with E-state index in [1.807, 2.05) is 0 Å². The maximum absolute atomic E-state index is 13.2. The first kappa shape index (κ1) is 22.0. The number of carbonyl (C=O) groups is 1. The number of alkyl halides is 3. The van der Waals surface area contributed by atoms with Crippen LogP contribution in [0.25, 0.3) is 0 Å². The highest BCUT2D eigenvalue weighted by atomic mass is 35.5. The number of aryl methyl sites for hydroxylation is 1. The summed E-state index contributed by atoms with van der Waals surface area (Å²) >= 11 is 5.62. The smallest absolute Gasteiger partial charge is 0.324 e. The van der Waals surface area contributed by atoms with Crippen LogP contribution in [0, 0.1) is 13.8 Å². The monoisotopic (exact) mass is 434 g/mol. The largest absolute Gasteiger partial charge is 0.418 e. The van der Waals surface area contributed by atoms with E-state index < -0.39 is 39.9 Å². The molecule has 0 aliphatic carbocycles. The molecule has 0 aliphatic rings. The lowest BCUT2D eigenvalue weighted by atomic mass is 10.1. The molecule has 10 heteroatoms. The van der Waals surface area contributed by atoms with Crippen molar-refractivity contribution in [3.05, 3.63) is 58.1 Å². The third kappa shape index (κ3) is 5.17. The summed E-state index contributed by atoms with van der Waals surface area (Å²) in [7, 11) is -3.86. The van der Waals surface area contributed by atoms with Crippen LogP contribution in [0.2, 0.25) is 5.02 Å². The molecule has 0 bridgehead atoms. The predicted molar refractivity (Wildman–Crippen MR) is 103 cm³/mol. The number of nitrogens with one attached hydrogen (secondary N) is 1. The quantitative estimate of drug-likeness (QED) is 0.759. The summed E-state index contributed by atoms with van der Waals surface area (Å²) in [5, 5.41) is 1.99. The van der Waals surface area contributed by atoms with Gasteiger partial charge in [0.2, 0.25) is 15.9 Å². The average molecular weight is 435 g/mol. The van der Waals surface area contributed by atoms with Crippen LogP contribution in [0.5, 0.6) is 0 Å². The molecule has 0 fully saturated rings. The molecular formula is C18H18ClF3N2O3S. The summed E-state index contributed by atoms with van der Waals surface area (Å²) in [5.41, 5.74) is 0.110. The maximum atomic E-state index is 13.2. The molecule has 0 radical (unpaired) electrons. The number of nitrogens with zero attached hydrogens (tertiary/aromatic N) is 1. The van der Waals surface area contributed by atoms with Gasteiger partial charge < -0.3 is 5.32 Å². The van der Waals surface area contributed by atoms with Gasteiger partial charge in [-0.1, -0.05) is 23.7 Å². The van der Waals surface area contributed by atoms with E-state index in [1.165, 1.54) is 12.1 Å². The molecule has 2 rings (SSSR count). The van der Waals surface area contributed by atoms with E-state index in [2.05, 4.69) is 5.32 Å². The van der Waals surface area contributed by atoms with Gasteiger partial charge in [0.05, 0.1) is 23.2 Å². The van der Waals surface area contributed by atoms with Gasteiger partial charge in [0, 0.05) is 5.02 Å². The fourth-order valence-corrected chi connectivity index (χ4v) is 3.65. The molecule has 152 valence electrons. The Balaban J connectivity index is 2.36. The van der Waals surface area contributed by atoms with Gasteiger partial charge >= 0.3 is 6.18 Å². The molecule has 0 saturated heterocycles. The SMILES string of the molecule is Cc1cccc(N(CC(=O)Nc2ccc(Cl)cc2C(F)(F)F)S(C)(=O)=O)c1C. The number of hydrogen-bond donors (Lipinski definition) is 1. The van der Waals surface area contributed by atoms with Gasteiger partial charge in [0.15, 0.2) is 0 Å². The molecule has 0 saturated carbocycles. The van der Waals surface area contributed by atoms with Crippen molar-refractivity contribution in [3.8, 4) is 0 Å². The van der Waals surface area contributed by atoms with Gasteiger partial charge in [-0.2, -0.15) is 13.2 Å². The van der Waals surface area contributed by atoms with Crippen LogP contribution in [-0.4, -0.2) is 27.1 Å². The van der Waals surface area contributed by atoms with Crippen molar-refractivity contribution in [2.24, 2.45) is 0 Å². The van der Waals surface area contributed by atoms with Crippen LogP contribution >= 0.6 is 11.6 Å². The molecule has 2 aromatic rings. The molecule has 0 unspecified atom stereocenters. The van der Waals surface area contributed by atoms with Gasteiger partial charge in [-0.3, -0.25) is 9.10 Å². The van der Waals surface area contributed by atoms with E-state index in [0.717, 1.165) is 22.2 Å². The highest BCUT2D eigenvalue weighted by Gasteiger charge is 2.34. The van der Waals surface area contributed by atoms with Crippen molar-refractivity contribution in [3.63, 3.8) is 0 Å². The molecular weight excluding hydrogens is 417 g/mol. The molecule has 28 heavy (non-hydrogen) atoms. The summed E-state index contributed by atoms with van der Waals surface area (Å²) in [6.45, 7) is 2.80. The second-order valence-corrected chi connectivity index (χ2v) is 8.57. The Labute approximate surface area is 166 Å².